The fourth-order valence-corrected chi connectivity index (χ4v) is 3.46. The van der Waals surface area contributed by atoms with Crippen molar-refractivity contribution in [2.75, 3.05) is 6.61 Å². The van der Waals surface area contributed by atoms with E-state index in [-0.39, 0.29) is 11.3 Å². The minimum absolute atomic E-state index is 0.203. The van der Waals surface area contributed by atoms with Crippen molar-refractivity contribution in [2.45, 2.75) is 13.3 Å². The van der Waals surface area contributed by atoms with Gasteiger partial charge in [0.2, 0.25) is 0 Å². The molecular weight excluding hydrogens is 477 g/mol. The first-order valence-corrected chi connectivity index (χ1v) is 10.6. The Morgan fingerprint density at radius 3 is 2.36 bits per heavy atom. The molecule has 11 heteroatoms. The molecule has 0 aliphatic rings. The van der Waals surface area contributed by atoms with Crippen molar-refractivity contribution >= 4 is 0 Å². The lowest BCUT2D eigenvalue weighted by molar-refractivity contribution is -0.274. The number of halogens is 3. The molecule has 0 amide bonds. The van der Waals surface area contributed by atoms with Gasteiger partial charge in [-0.2, -0.15) is 10.4 Å². The van der Waals surface area contributed by atoms with Crippen LogP contribution in [-0.4, -0.2) is 27.3 Å². The van der Waals surface area contributed by atoms with Crippen LogP contribution >= 0.6 is 0 Å². The molecule has 2 aromatic heterocycles. The number of hydrogen-bond donors (Lipinski definition) is 0. The first-order chi connectivity index (χ1) is 17.2. The van der Waals surface area contributed by atoms with E-state index in [0.29, 0.717) is 34.9 Å². The third kappa shape index (κ3) is 5.50. The fourth-order valence-electron chi connectivity index (χ4n) is 3.46. The Kier molecular flexibility index (Phi) is 6.69. The summed E-state index contributed by atoms with van der Waals surface area (Å²) in [5, 5.41) is 13.6. The van der Waals surface area contributed by atoms with E-state index in [2.05, 4.69) is 15.9 Å². The summed E-state index contributed by atoms with van der Waals surface area (Å²) in [6.07, 6.45) is -0.0164. The molecule has 0 atom stereocenters. The van der Waals surface area contributed by atoms with E-state index in [9.17, 15) is 23.2 Å². The number of pyridine rings is 1. The number of benzene rings is 2. The van der Waals surface area contributed by atoms with Crippen molar-refractivity contribution in [3.63, 3.8) is 0 Å². The molecule has 0 spiro atoms. The molecule has 0 saturated carbocycles. The van der Waals surface area contributed by atoms with Crippen molar-refractivity contribution in [3.05, 3.63) is 83.0 Å². The average molecular weight is 496 g/mol. The van der Waals surface area contributed by atoms with Crippen molar-refractivity contribution in [1.82, 2.24) is 14.3 Å². The lowest BCUT2D eigenvalue weighted by atomic mass is 10.1. The predicted molar refractivity (Wildman–Crippen MR) is 123 cm³/mol. The molecule has 0 N–H and O–H groups in total. The van der Waals surface area contributed by atoms with Crippen LogP contribution in [0.4, 0.5) is 13.2 Å². The van der Waals surface area contributed by atoms with Crippen molar-refractivity contribution < 1.29 is 27.4 Å². The number of ether oxygens (including phenoxy) is 3. The van der Waals surface area contributed by atoms with E-state index < -0.39 is 17.7 Å². The van der Waals surface area contributed by atoms with E-state index in [0.717, 1.165) is 12.1 Å². The molecule has 2 aromatic carbocycles. The molecule has 0 fully saturated rings. The largest absolute Gasteiger partial charge is 0.573 e. The van der Waals surface area contributed by atoms with Gasteiger partial charge in [-0.1, -0.05) is 0 Å². The molecule has 2 heterocycles. The van der Waals surface area contributed by atoms with Gasteiger partial charge in [0.1, 0.15) is 29.1 Å². The van der Waals surface area contributed by atoms with Gasteiger partial charge < -0.3 is 14.2 Å². The van der Waals surface area contributed by atoms with E-state index in [1.807, 2.05) is 0 Å². The van der Waals surface area contributed by atoms with Crippen LogP contribution in [0.25, 0.3) is 16.8 Å². The quantitative estimate of drug-likeness (QED) is 0.349. The number of alkyl halides is 3. The zero-order valence-corrected chi connectivity index (χ0v) is 19.1. The Morgan fingerprint density at radius 1 is 1.03 bits per heavy atom. The molecule has 0 bridgehead atoms. The Balaban J connectivity index is 1.75. The van der Waals surface area contributed by atoms with Crippen LogP contribution in [-0.2, 0) is 7.05 Å². The number of aromatic nitrogens is 3. The molecule has 8 nitrogen and oxygen atoms in total. The summed E-state index contributed by atoms with van der Waals surface area (Å²) >= 11 is 0. The minimum Gasteiger partial charge on any atom is -0.492 e. The Hall–Kier alpha value is -4.72. The standard InChI is InChI=1S/C25H19F3N4O4/c1-3-34-22-9-8-20(10-16(22)12-29)35-23-11-24(33)32(15-21(23)17-13-30-31(2)14-17)18-4-6-19(7-5-18)36-25(26,27)28/h4-11,13-15H,3H2,1-2H3. The van der Waals surface area contributed by atoms with Crippen LogP contribution in [0.5, 0.6) is 23.0 Å². The number of nitriles is 1. The van der Waals surface area contributed by atoms with Crippen molar-refractivity contribution in [1.29, 1.82) is 5.26 Å². The Bertz CT molecular complexity index is 1490. The van der Waals surface area contributed by atoms with Gasteiger partial charge >= 0.3 is 6.36 Å². The van der Waals surface area contributed by atoms with Gasteiger partial charge in [0.15, 0.2) is 0 Å². The Labute approximate surface area is 203 Å². The second-order valence-corrected chi connectivity index (χ2v) is 7.51. The zero-order valence-electron chi connectivity index (χ0n) is 19.1. The van der Waals surface area contributed by atoms with Crippen LogP contribution in [0.1, 0.15) is 12.5 Å². The van der Waals surface area contributed by atoms with Gasteiger partial charge in [0.05, 0.1) is 18.4 Å². The lowest BCUT2D eigenvalue weighted by Crippen LogP contribution is -2.18. The summed E-state index contributed by atoms with van der Waals surface area (Å²) in [5.74, 6) is 0.518. The van der Waals surface area contributed by atoms with Gasteiger partial charge in [-0.05, 0) is 43.3 Å². The first-order valence-electron chi connectivity index (χ1n) is 10.6. The maximum Gasteiger partial charge on any atom is 0.573 e. The molecule has 0 unspecified atom stereocenters. The molecule has 0 aliphatic carbocycles. The normalized spacial score (nSPS) is 11.1. The molecule has 36 heavy (non-hydrogen) atoms. The van der Waals surface area contributed by atoms with Crippen LogP contribution in [0.2, 0.25) is 0 Å². The molecule has 0 radical (unpaired) electrons. The molecule has 184 valence electrons. The lowest BCUT2D eigenvalue weighted by Gasteiger charge is -2.15. The fraction of sp³-hybridized carbons (Fsp3) is 0.160. The summed E-state index contributed by atoms with van der Waals surface area (Å²) in [4.78, 5) is 13.0. The van der Waals surface area contributed by atoms with Crippen LogP contribution in [0.15, 0.2) is 71.9 Å². The van der Waals surface area contributed by atoms with Gasteiger partial charge in [0.25, 0.3) is 5.56 Å². The highest BCUT2D eigenvalue weighted by atomic mass is 19.4. The number of aryl methyl sites for hydroxylation is 1. The summed E-state index contributed by atoms with van der Waals surface area (Å²) < 4.78 is 55.6. The zero-order chi connectivity index (χ0) is 25.9. The van der Waals surface area contributed by atoms with E-state index in [4.69, 9.17) is 9.47 Å². The monoisotopic (exact) mass is 496 g/mol. The highest BCUT2D eigenvalue weighted by molar-refractivity contribution is 5.69. The summed E-state index contributed by atoms with van der Waals surface area (Å²) in [6, 6.07) is 12.9. The van der Waals surface area contributed by atoms with Crippen LogP contribution < -0.4 is 19.8 Å². The van der Waals surface area contributed by atoms with Gasteiger partial charge in [-0.3, -0.25) is 14.0 Å². The minimum atomic E-state index is -4.82. The number of rotatable bonds is 7. The second-order valence-electron chi connectivity index (χ2n) is 7.51. The first kappa shape index (κ1) is 24.4. The molecule has 4 rings (SSSR count). The molecule has 0 aliphatic heterocycles. The summed E-state index contributed by atoms with van der Waals surface area (Å²) in [5.41, 5.74) is 1.22. The van der Waals surface area contributed by atoms with E-state index in [1.165, 1.54) is 35.0 Å². The van der Waals surface area contributed by atoms with Crippen molar-refractivity contribution in [2.24, 2.45) is 7.05 Å². The van der Waals surface area contributed by atoms with Crippen LogP contribution in [0, 0.1) is 11.3 Å². The molecule has 4 aromatic rings. The number of nitrogens with zero attached hydrogens (tertiary/aromatic N) is 4. The van der Waals surface area contributed by atoms with E-state index in [1.54, 1.807) is 43.2 Å². The topological polar surface area (TPSA) is 91.3 Å². The third-order valence-corrected chi connectivity index (χ3v) is 4.98. The predicted octanol–water partition coefficient (Wildman–Crippen LogP) is 5.20. The van der Waals surface area contributed by atoms with E-state index >= 15 is 0 Å². The SMILES string of the molecule is CCOc1ccc(Oc2cc(=O)n(-c3ccc(OC(F)(F)F)cc3)cc2-c2cnn(C)c2)cc1C#N. The third-order valence-electron chi connectivity index (χ3n) is 4.98. The van der Waals surface area contributed by atoms with Crippen molar-refractivity contribution in [3.8, 4) is 45.9 Å². The average Bonchev–Trinajstić information content (AvgIpc) is 3.26. The van der Waals surface area contributed by atoms with Gasteiger partial charge in [0, 0.05) is 48.4 Å². The maximum absolute atomic E-state index is 13.0. The summed E-state index contributed by atoms with van der Waals surface area (Å²) in [7, 11) is 1.73. The molecular formula is C25H19F3N4O4. The maximum atomic E-state index is 13.0. The Morgan fingerprint density at radius 2 is 1.75 bits per heavy atom. The second kappa shape index (κ2) is 9.87. The smallest absolute Gasteiger partial charge is 0.492 e. The summed E-state index contributed by atoms with van der Waals surface area (Å²) in [6.45, 7) is 2.19. The highest BCUT2D eigenvalue weighted by Crippen LogP contribution is 2.34. The van der Waals surface area contributed by atoms with Gasteiger partial charge in [-0.25, -0.2) is 0 Å². The highest BCUT2D eigenvalue weighted by Gasteiger charge is 2.31. The van der Waals surface area contributed by atoms with Gasteiger partial charge in [-0.15, -0.1) is 13.2 Å². The molecule has 0 saturated heterocycles. The number of hydrogen-bond acceptors (Lipinski definition) is 6. The van der Waals surface area contributed by atoms with Crippen LogP contribution in [0.3, 0.4) is 0 Å².